The van der Waals surface area contributed by atoms with Crippen LogP contribution in [0.15, 0.2) is 24.4 Å². The van der Waals surface area contributed by atoms with E-state index in [0.29, 0.717) is 11.8 Å². The SMILES string of the molecule is Cc1cc(-c2cc(C3CC3c3ccn(C)n3)nn2C)nn2c(C)nnc12. The van der Waals surface area contributed by atoms with Crippen molar-refractivity contribution in [2.75, 3.05) is 0 Å². The summed E-state index contributed by atoms with van der Waals surface area (Å²) < 4.78 is 5.57. The standard InChI is InChI=1S/C18H20N8/c1-10-7-16(23-26-11(2)19-20-18(10)26)17-9-15(22-25(17)4)13-8-12(13)14-5-6-24(3)21-14/h5-7,9,12-13H,8H2,1-4H3. The van der Waals surface area contributed by atoms with Gasteiger partial charge in [-0.15, -0.1) is 10.2 Å². The Kier molecular flexibility index (Phi) is 3.07. The third-order valence-corrected chi connectivity index (χ3v) is 5.16. The number of aryl methyl sites for hydroxylation is 4. The van der Waals surface area contributed by atoms with E-state index in [9.17, 15) is 0 Å². The lowest BCUT2D eigenvalue weighted by Crippen LogP contribution is -2.02. The summed E-state index contributed by atoms with van der Waals surface area (Å²) in [5, 5.41) is 22.3. The normalized spacial score (nSPS) is 19.4. The molecule has 8 nitrogen and oxygen atoms in total. The van der Waals surface area contributed by atoms with E-state index in [4.69, 9.17) is 10.2 Å². The van der Waals surface area contributed by atoms with Crippen molar-refractivity contribution >= 4 is 5.65 Å². The van der Waals surface area contributed by atoms with Crippen molar-refractivity contribution in [2.24, 2.45) is 14.1 Å². The summed E-state index contributed by atoms with van der Waals surface area (Å²) >= 11 is 0. The topological polar surface area (TPSA) is 78.7 Å². The Morgan fingerprint density at radius 1 is 0.962 bits per heavy atom. The number of hydrogen-bond donors (Lipinski definition) is 0. The zero-order valence-corrected chi connectivity index (χ0v) is 15.2. The molecular weight excluding hydrogens is 328 g/mol. The first-order valence-electron chi connectivity index (χ1n) is 8.75. The molecule has 1 aliphatic carbocycles. The van der Waals surface area contributed by atoms with Crippen LogP contribution in [0.4, 0.5) is 0 Å². The fraction of sp³-hybridized carbons (Fsp3) is 0.389. The molecule has 8 heteroatoms. The highest BCUT2D eigenvalue weighted by atomic mass is 15.4. The van der Waals surface area contributed by atoms with Gasteiger partial charge in [0.05, 0.1) is 17.1 Å². The van der Waals surface area contributed by atoms with Crippen molar-refractivity contribution in [1.29, 1.82) is 0 Å². The van der Waals surface area contributed by atoms with Gasteiger partial charge in [0.1, 0.15) is 5.69 Å². The van der Waals surface area contributed by atoms with E-state index in [0.717, 1.165) is 46.2 Å². The van der Waals surface area contributed by atoms with E-state index in [1.54, 1.807) is 4.52 Å². The van der Waals surface area contributed by atoms with Gasteiger partial charge in [0.15, 0.2) is 11.5 Å². The van der Waals surface area contributed by atoms with Gasteiger partial charge < -0.3 is 0 Å². The predicted molar refractivity (Wildman–Crippen MR) is 95.8 cm³/mol. The van der Waals surface area contributed by atoms with E-state index >= 15 is 0 Å². The third-order valence-electron chi connectivity index (χ3n) is 5.16. The molecule has 0 bridgehead atoms. The van der Waals surface area contributed by atoms with Gasteiger partial charge in [0.25, 0.3) is 0 Å². The van der Waals surface area contributed by atoms with Gasteiger partial charge in [-0.25, -0.2) is 0 Å². The highest BCUT2D eigenvalue weighted by molar-refractivity contribution is 5.60. The van der Waals surface area contributed by atoms with Crippen LogP contribution < -0.4 is 0 Å². The molecule has 4 heterocycles. The van der Waals surface area contributed by atoms with Crippen LogP contribution in [-0.2, 0) is 14.1 Å². The second-order valence-corrected chi connectivity index (χ2v) is 7.14. The second-order valence-electron chi connectivity index (χ2n) is 7.14. The molecule has 1 aliphatic rings. The summed E-state index contributed by atoms with van der Waals surface area (Å²) in [5.74, 6) is 1.69. The third kappa shape index (κ3) is 2.25. The average Bonchev–Trinajstić information content (AvgIpc) is 2.91. The summed E-state index contributed by atoms with van der Waals surface area (Å²) in [4.78, 5) is 0. The second kappa shape index (κ2) is 5.23. The van der Waals surface area contributed by atoms with Crippen molar-refractivity contribution in [3.63, 3.8) is 0 Å². The first-order chi connectivity index (χ1) is 12.5. The molecule has 0 N–H and O–H groups in total. The maximum Gasteiger partial charge on any atom is 0.180 e. The molecule has 1 fully saturated rings. The Morgan fingerprint density at radius 2 is 1.77 bits per heavy atom. The summed E-state index contributed by atoms with van der Waals surface area (Å²) in [6.07, 6.45) is 3.10. The Morgan fingerprint density at radius 3 is 2.54 bits per heavy atom. The van der Waals surface area contributed by atoms with Crippen LogP contribution in [0, 0.1) is 13.8 Å². The molecule has 132 valence electrons. The van der Waals surface area contributed by atoms with Crippen molar-refractivity contribution in [2.45, 2.75) is 32.1 Å². The molecule has 0 aromatic carbocycles. The highest BCUT2D eigenvalue weighted by Gasteiger charge is 2.43. The van der Waals surface area contributed by atoms with Gasteiger partial charge in [-0.05, 0) is 44.0 Å². The molecule has 0 spiro atoms. The molecule has 2 unspecified atom stereocenters. The molecule has 0 amide bonds. The lowest BCUT2D eigenvalue weighted by molar-refractivity contribution is 0.727. The quantitative estimate of drug-likeness (QED) is 0.567. The maximum atomic E-state index is 4.75. The first kappa shape index (κ1) is 15.2. The Balaban J connectivity index is 1.51. The molecule has 0 aliphatic heterocycles. The monoisotopic (exact) mass is 348 g/mol. The molecule has 1 saturated carbocycles. The number of hydrogen-bond acceptors (Lipinski definition) is 5. The van der Waals surface area contributed by atoms with Crippen molar-refractivity contribution in [3.8, 4) is 11.4 Å². The Hall–Kier alpha value is -3.03. The number of fused-ring (bicyclic) bond motifs is 1. The van der Waals surface area contributed by atoms with Gasteiger partial charge in [-0.1, -0.05) is 0 Å². The molecule has 4 aromatic heterocycles. The minimum absolute atomic E-state index is 0.436. The molecule has 0 radical (unpaired) electrons. The lowest BCUT2D eigenvalue weighted by Gasteiger charge is -2.04. The molecule has 2 atom stereocenters. The van der Waals surface area contributed by atoms with Crippen LogP contribution in [0.5, 0.6) is 0 Å². The van der Waals surface area contributed by atoms with Crippen LogP contribution in [0.3, 0.4) is 0 Å². The largest absolute Gasteiger partial charge is 0.276 e. The average molecular weight is 348 g/mol. The van der Waals surface area contributed by atoms with Crippen molar-refractivity contribution < 1.29 is 0 Å². The van der Waals surface area contributed by atoms with E-state index in [-0.39, 0.29) is 0 Å². The van der Waals surface area contributed by atoms with Crippen LogP contribution in [0.1, 0.15) is 41.0 Å². The van der Waals surface area contributed by atoms with E-state index in [1.807, 2.05) is 49.6 Å². The van der Waals surface area contributed by atoms with Crippen LogP contribution in [0.25, 0.3) is 17.0 Å². The number of nitrogens with zero attached hydrogens (tertiary/aromatic N) is 8. The first-order valence-corrected chi connectivity index (χ1v) is 8.75. The molecule has 0 saturated heterocycles. The number of aromatic nitrogens is 8. The zero-order valence-electron chi connectivity index (χ0n) is 15.2. The maximum absolute atomic E-state index is 4.75. The highest BCUT2D eigenvalue weighted by Crippen LogP contribution is 2.53. The predicted octanol–water partition coefficient (Wildman–Crippen LogP) is 2.15. The zero-order chi connectivity index (χ0) is 18.0. The lowest BCUT2D eigenvalue weighted by atomic mass is 10.1. The van der Waals surface area contributed by atoms with E-state index < -0.39 is 0 Å². The number of rotatable bonds is 3. The van der Waals surface area contributed by atoms with Crippen LogP contribution in [-0.4, -0.2) is 39.4 Å². The fourth-order valence-corrected chi connectivity index (χ4v) is 3.64. The molecule has 26 heavy (non-hydrogen) atoms. The van der Waals surface area contributed by atoms with Gasteiger partial charge >= 0.3 is 0 Å². The summed E-state index contributed by atoms with van der Waals surface area (Å²) in [6.45, 7) is 3.94. The Labute approximate surface area is 150 Å². The molecular formula is C18H20N8. The van der Waals surface area contributed by atoms with Gasteiger partial charge in [-0.3, -0.25) is 9.36 Å². The minimum atomic E-state index is 0.436. The Bertz CT molecular complexity index is 1130. The minimum Gasteiger partial charge on any atom is -0.276 e. The molecule has 5 rings (SSSR count). The van der Waals surface area contributed by atoms with E-state index in [1.165, 1.54) is 0 Å². The van der Waals surface area contributed by atoms with Gasteiger partial charge in [-0.2, -0.15) is 19.8 Å². The smallest absolute Gasteiger partial charge is 0.180 e. The van der Waals surface area contributed by atoms with E-state index in [2.05, 4.69) is 27.4 Å². The van der Waals surface area contributed by atoms with Crippen LogP contribution in [0.2, 0.25) is 0 Å². The fourth-order valence-electron chi connectivity index (χ4n) is 3.64. The van der Waals surface area contributed by atoms with Crippen molar-refractivity contribution in [3.05, 3.63) is 47.2 Å². The summed E-state index contributed by atoms with van der Waals surface area (Å²) in [5.41, 5.74) is 6.00. The van der Waals surface area contributed by atoms with Crippen LogP contribution >= 0.6 is 0 Å². The van der Waals surface area contributed by atoms with Gasteiger partial charge in [0.2, 0.25) is 0 Å². The van der Waals surface area contributed by atoms with Crippen molar-refractivity contribution in [1.82, 2.24) is 39.4 Å². The molecule has 4 aromatic rings. The summed E-state index contributed by atoms with van der Waals surface area (Å²) in [7, 11) is 3.92. The summed E-state index contributed by atoms with van der Waals surface area (Å²) in [6, 6.07) is 6.30. The van der Waals surface area contributed by atoms with Gasteiger partial charge in [0, 0.05) is 32.1 Å².